The summed E-state index contributed by atoms with van der Waals surface area (Å²) in [5.41, 5.74) is 2.08. The van der Waals surface area contributed by atoms with E-state index in [2.05, 4.69) is 5.32 Å². The topological polar surface area (TPSA) is 52.6 Å². The van der Waals surface area contributed by atoms with Crippen LogP contribution < -0.4 is 10.2 Å². The first kappa shape index (κ1) is 13.1. The molecule has 1 amide bonds. The number of anilines is 1. The molecule has 4 nitrogen and oxygen atoms in total. The van der Waals surface area contributed by atoms with Crippen LogP contribution >= 0.6 is 0 Å². The Morgan fingerprint density at radius 3 is 2.94 bits per heavy atom. The Morgan fingerprint density at radius 1 is 1.50 bits per heavy atom. The summed E-state index contributed by atoms with van der Waals surface area (Å²) < 4.78 is 0. The molecule has 0 aliphatic carbocycles. The molecule has 2 atom stereocenters. The fraction of sp³-hybridized carbons (Fsp3) is 0.500. The van der Waals surface area contributed by atoms with Crippen LogP contribution in [0.15, 0.2) is 24.3 Å². The first-order chi connectivity index (χ1) is 8.63. The third kappa shape index (κ3) is 2.54. The first-order valence-corrected chi connectivity index (χ1v) is 6.37. The number of aryl methyl sites for hydroxylation is 1. The minimum absolute atomic E-state index is 0.0272. The van der Waals surface area contributed by atoms with Crippen molar-refractivity contribution in [2.24, 2.45) is 0 Å². The molecule has 1 heterocycles. The SMILES string of the molecule is Cc1cccc(N2C(=O)C(CCO)NCC2C)c1. The van der Waals surface area contributed by atoms with Gasteiger partial charge >= 0.3 is 0 Å². The van der Waals surface area contributed by atoms with E-state index in [-0.39, 0.29) is 24.6 Å². The second-order valence-corrected chi connectivity index (χ2v) is 4.87. The number of carbonyl (C=O) groups is 1. The summed E-state index contributed by atoms with van der Waals surface area (Å²) >= 11 is 0. The van der Waals surface area contributed by atoms with Gasteiger partial charge in [-0.3, -0.25) is 4.79 Å². The lowest BCUT2D eigenvalue weighted by atomic mass is 10.0. The molecule has 0 aromatic heterocycles. The summed E-state index contributed by atoms with van der Waals surface area (Å²) in [6.07, 6.45) is 0.466. The molecule has 4 heteroatoms. The fourth-order valence-corrected chi connectivity index (χ4v) is 2.39. The summed E-state index contributed by atoms with van der Waals surface area (Å²) in [5.74, 6) is 0.0494. The predicted octanol–water partition coefficient (Wildman–Crippen LogP) is 1.07. The highest BCUT2D eigenvalue weighted by Crippen LogP contribution is 2.22. The number of aliphatic hydroxyl groups is 1. The Bertz CT molecular complexity index is 434. The molecule has 2 N–H and O–H groups in total. The molecule has 1 aromatic carbocycles. The third-order valence-corrected chi connectivity index (χ3v) is 3.33. The fourth-order valence-electron chi connectivity index (χ4n) is 2.39. The first-order valence-electron chi connectivity index (χ1n) is 6.37. The van der Waals surface area contributed by atoms with E-state index in [4.69, 9.17) is 5.11 Å². The third-order valence-electron chi connectivity index (χ3n) is 3.33. The van der Waals surface area contributed by atoms with Crippen LogP contribution in [0.25, 0.3) is 0 Å². The van der Waals surface area contributed by atoms with Crippen LogP contribution in [0.4, 0.5) is 5.69 Å². The number of hydrogen-bond donors (Lipinski definition) is 2. The molecule has 1 saturated heterocycles. The van der Waals surface area contributed by atoms with Crippen LogP contribution in [0.2, 0.25) is 0 Å². The van der Waals surface area contributed by atoms with Gasteiger partial charge in [0.2, 0.25) is 5.91 Å². The summed E-state index contributed by atoms with van der Waals surface area (Å²) in [5, 5.41) is 12.2. The average Bonchev–Trinajstić information content (AvgIpc) is 2.33. The number of aliphatic hydroxyl groups excluding tert-OH is 1. The van der Waals surface area contributed by atoms with Crippen LogP contribution in [0.3, 0.4) is 0 Å². The Labute approximate surface area is 108 Å². The molecule has 98 valence electrons. The molecule has 0 bridgehead atoms. The van der Waals surface area contributed by atoms with Crippen molar-refractivity contribution in [1.29, 1.82) is 0 Å². The number of benzene rings is 1. The van der Waals surface area contributed by atoms with Gasteiger partial charge in [-0.05, 0) is 38.0 Å². The van der Waals surface area contributed by atoms with Gasteiger partial charge in [-0.1, -0.05) is 12.1 Å². The van der Waals surface area contributed by atoms with E-state index in [9.17, 15) is 4.79 Å². The van der Waals surface area contributed by atoms with E-state index in [0.29, 0.717) is 6.42 Å². The van der Waals surface area contributed by atoms with E-state index < -0.39 is 0 Å². The van der Waals surface area contributed by atoms with Crippen LogP contribution in [-0.4, -0.2) is 36.2 Å². The van der Waals surface area contributed by atoms with Gasteiger partial charge in [0, 0.05) is 24.9 Å². The molecule has 1 fully saturated rings. The molecule has 1 aliphatic heterocycles. The molecule has 0 saturated carbocycles. The molecule has 2 unspecified atom stereocenters. The van der Waals surface area contributed by atoms with Gasteiger partial charge in [0.05, 0.1) is 6.04 Å². The predicted molar refractivity (Wildman–Crippen MR) is 71.6 cm³/mol. The molecule has 1 aromatic rings. The Kier molecular flexibility index (Phi) is 3.99. The van der Waals surface area contributed by atoms with Crippen molar-refractivity contribution < 1.29 is 9.90 Å². The molecular formula is C14H20N2O2. The number of nitrogens with one attached hydrogen (secondary N) is 1. The molecule has 2 rings (SSSR count). The molecule has 18 heavy (non-hydrogen) atoms. The number of piperazine rings is 1. The maximum absolute atomic E-state index is 12.4. The Morgan fingerprint density at radius 2 is 2.28 bits per heavy atom. The van der Waals surface area contributed by atoms with Crippen molar-refractivity contribution in [3.05, 3.63) is 29.8 Å². The van der Waals surface area contributed by atoms with Gasteiger partial charge in [0.25, 0.3) is 0 Å². The smallest absolute Gasteiger partial charge is 0.244 e. The molecule has 1 aliphatic rings. The highest BCUT2D eigenvalue weighted by Gasteiger charge is 2.33. The summed E-state index contributed by atoms with van der Waals surface area (Å²) in [6.45, 7) is 4.83. The van der Waals surface area contributed by atoms with Crippen molar-refractivity contribution in [2.75, 3.05) is 18.1 Å². The van der Waals surface area contributed by atoms with Crippen molar-refractivity contribution in [3.63, 3.8) is 0 Å². The minimum atomic E-state index is -0.272. The molecule has 0 radical (unpaired) electrons. The lowest BCUT2D eigenvalue weighted by molar-refractivity contribution is -0.122. The van der Waals surface area contributed by atoms with Crippen LogP contribution in [-0.2, 0) is 4.79 Å². The summed E-state index contributed by atoms with van der Waals surface area (Å²) in [7, 11) is 0. The van der Waals surface area contributed by atoms with Gasteiger partial charge in [0.1, 0.15) is 0 Å². The van der Waals surface area contributed by atoms with E-state index in [1.165, 1.54) is 0 Å². The van der Waals surface area contributed by atoms with E-state index >= 15 is 0 Å². The van der Waals surface area contributed by atoms with Crippen molar-refractivity contribution in [3.8, 4) is 0 Å². The van der Waals surface area contributed by atoms with Gasteiger partial charge in [-0.2, -0.15) is 0 Å². The van der Waals surface area contributed by atoms with Crippen molar-refractivity contribution >= 4 is 11.6 Å². The van der Waals surface area contributed by atoms with Crippen LogP contribution in [0.1, 0.15) is 18.9 Å². The van der Waals surface area contributed by atoms with Gasteiger partial charge in [-0.25, -0.2) is 0 Å². The monoisotopic (exact) mass is 248 g/mol. The zero-order chi connectivity index (χ0) is 13.1. The number of carbonyl (C=O) groups excluding carboxylic acids is 1. The second kappa shape index (κ2) is 5.50. The van der Waals surface area contributed by atoms with Gasteiger partial charge in [0.15, 0.2) is 0 Å². The van der Waals surface area contributed by atoms with Crippen LogP contribution in [0, 0.1) is 6.92 Å². The number of nitrogens with zero attached hydrogens (tertiary/aromatic N) is 1. The van der Waals surface area contributed by atoms with Crippen molar-refractivity contribution in [2.45, 2.75) is 32.4 Å². The largest absolute Gasteiger partial charge is 0.396 e. The van der Waals surface area contributed by atoms with Gasteiger partial charge < -0.3 is 15.3 Å². The second-order valence-electron chi connectivity index (χ2n) is 4.87. The van der Waals surface area contributed by atoms with Gasteiger partial charge in [-0.15, -0.1) is 0 Å². The maximum atomic E-state index is 12.4. The summed E-state index contributed by atoms with van der Waals surface area (Å²) in [6, 6.07) is 7.83. The normalized spacial score (nSPS) is 24.4. The lowest BCUT2D eigenvalue weighted by Gasteiger charge is -2.38. The summed E-state index contributed by atoms with van der Waals surface area (Å²) in [4.78, 5) is 14.2. The number of rotatable bonds is 3. The Balaban J connectivity index is 2.26. The average molecular weight is 248 g/mol. The standard InChI is InChI=1S/C14H20N2O2/c1-10-4-3-5-12(8-10)16-11(2)9-15-13(6-7-17)14(16)18/h3-5,8,11,13,15,17H,6-7,9H2,1-2H3. The number of hydrogen-bond acceptors (Lipinski definition) is 3. The Hall–Kier alpha value is -1.39. The van der Waals surface area contributed by atoms with Crippen LogP contribution in [0.5, 0.6) is 0 Å². The zero-order valence-corrected chi connectivity index (χ0v) is 10.9. The van der Waals surface area contributed by atoms with E-state index in [1.54, 1.807) is 0 Å². The van der Waals surface area contributed by atoms with Crippen molar-refractivity contribution in [1.82, 2.24) is 5.32 Å². The minimum Gasteiger partial charge on any atom is -0.396 e. The molecular weight excluding hydrogens is 228 g/mol. The maximum Gasteiger partial charge on any atom is 0.244 e. The number of amides is 1. The quantitative estimate of drug-likeness (QED) is 0.841. The highest BCUT2D eigenvalue weighted by atomic mass is 16.3. The van der Waals surface area contributed by atoms with E-state index in [0.717, 1.165) is 17.8 Å². The van der Waals surface area contributed by atoms with E-state index in [1.807, 2.05) is 43.0 Å². The lowest BCUT2D eigenvalue weighted by Crippen LogP contribution is -2.59. The highest BCUT2D eigenvalue weighted by molar-refractivity contribution is 5.98. The zero-order valence-electron chi connectivity index (χ0n) is 10.9. The molecule has 0 spiro atoms.